The largest absolute Gasteiger partial charge is 0.398 e. The van der Waals surface area contributed by atoms with Gasteiger partial charge in [-0.15, -0.1) is 0 Å². The molecule has 0 spiro atoms. The molecule has 0 aliphatic carbocycles. The summed E-state index contributed by atoms with van der Waals surface area (Å²) in [6.45, 7) is 3.22. The van der Waals surface area contributed by atoms with Crippen molar-refractivity contribution in [2.45, 2.75) is 32.1 Å². The highest BCUT2D eigenvalue weighted by Crippen LogP contribution is 2.12. The molecule has 2 aromatic rings. The molecule has 0 aromatic carbocycles. The Balaban J connectivity index is 1.47. The Morgan fingerprint density at radius 2 is 2.12 bits per heavy atom. The number of aromatic nitrogens is 2. The molecule has 7 heteroatoms. The van der Waals surface area contributed by atoms with Crippen LogP contribution in [0.5, 0.6) is 0 Å². The quantitative estimate of drug-likeness (QED) is 0.546. The van der Waals surface area contributed by atoms with E-state index in [4.69, 9.17) is 11.1 Å². The normalized spacial score (nSPS) is 15.9. The number of carbonyl (C=O) groups is 1. The summed E-state index contributed by atoms with van der Waals surface area (Å²) in [7, 11) is 0. The van der Waals surface area contributed by atoms with Crippen molar-refractivity contribution in [2.75, 3.05) is 19.6 Å². The minimum absolute atomic E-state index is 0.0104. The summed E-state index contributed by atoms with van der Waals surface area (Å²) in [6, 6.07) is 3.78. The molecule has 1 amide bonds. The zero-order chi connectivity index (χ0) is 18.4. The number of hydrogen-bond acceptors (Lipinski definition) is 5. The average molecular weight is 354 g/mol. The lowest BCUT2D eigenvalue weighted by atomic mass is 10.1. The highest BCUT2D eigenvalue weighted by Gasteiger charge is 2.11. The van der Waals surface area contributed by atoms with E-state index in [0.717, 1.165) is 37.1 Å². The zero-order valence-corrected chi connectivity index (χ0v) is 14.9. The number of piperidine rings is 1. The predicted octanol–water partition coefficient (Wildman–Crippen LogP) is 1.99. The number of nitrogens with one attached hydrogen (secondary N) is 2. The molecule has 0 atom stereocenters. The van der Waals surface area contributed by atoms with Crippen LogP contribution in [-0.2, 0) is 4.79 Å². The Labute approximate surface area is 153 Å². The Bertz CT molecular complexity index is 803. The Kier molecular flexibility index (Phi) is 6.01. The van der Waals surface area contributed by atoms with E-state index in [1.807, 2.05) is 22.7 Å². The number of amidine groups is 1. The molecule has 3 rings (SSSR count). The molecule has 7 nitrogen and oxygen atoms in total. The maximum Gasteiger partial charge on any atom is 0.225 e. The van der Waals surface area contributed by atoms with E-state index in [-0.39, 0.29) is 11.7 Å². The standard InChI is InChI=1S/C19H26N6O/c20-17(15-6-7-16-12-22-14-25(16)13-15)11-18(21)23-19(26)5-4-10-24-8-2-1-3-9-24/h6-7,11-14H,1-5,8-10,20H2,(H2,21,23,26). The molecule has 138 valence electrons. The van der Waals surface area contributed by atoms with Gasteiger partial charge in [-0.1, -0.05) is 6.42 Å². The van der Waals surface area contributed by atoms with Crippen LogP contribution in [0.15, 0.2) is 36.9 Å². The summed E-state index contributed by atoms with van der Waals surface area (Å²) in [5.74, 6) is -0.127. The van der Waals surface area contributed by atoms with Gasteiger partial charge in [0.05, 0.1) is 18.0 Å². The smallest absolute Gasteiger partial charge is 0.225 e. The second-order valence-electron chi connectivity index (χ2n) is 6.71. The highest BCUT2D eigenvalue weighted by atomic mass is 16.1. The highest BCUT2D eigenvalue weighted by molar-refractivity contribution is 6.05. The summed E-state index contributed by atoms with van der Waals surface area (Å²) in [5.41, 5.74) is 8.24. The lowest BCUT2D eigenvalue weighted by Crippen LogP contribution is -2.32. The van der Waals surface area contributed by atoms with Gasteiger partial charge in [0.2, 0.25) is 5.91 Å². The molecule has 0 saturated carbocycles. The maximum atomic E-state index is 12.0. The third kappa shape index (κ3) is 4.92. The summed E-state index contributed by atoms with van der Waals surface area (Å²) < 4.78 is 1.86. The van der Waals surface area contributed by atoms with Crippen molar-refractivity contribution in [3.05, 3.63) is 42.5 Å². The molecule has 26 heavy (non-hydrogen) atoms. The number of imidazole rings is 1. The van der Waals surface area contributed by atoms with Crippen LogP contribution >= 0.6 is 0 Å². The first-order valence-electron chi connectivity index (χ1n) is 9.12. The van der Waals surface area contributed by atoms with Crippen molar-refractivity contribution in [3.63, 3.8) is 0 Å². The van der Waals surface area contributed by atoms with Crippen molar-refractivity contribution < 1.29 is 4.79 Å². The average Bonchev–Trinajstić information content (AvgIpc) is 3.10. The monoisotopic (exact) mass is 354 g/mol. The molecule has 4 N–H and O–H groups in total. The number of likely N-dealkylation sites (tertiary alicyclic amines) is 1. The van der Waals surface area contributed by atoms with Gasteiger partial charge in [0.25, 0.3) is 0 Å². The molecule has 1 aliphatic heterocycles. The van der Waals surface area contributed by atoms with Gasteiger partial charge < -0.3 is 20.4 Å². The summed E-state index contributed by atoms with van der Waals surface area (Å²) in [5, 5.41) is 10.5. The van der Waals surface area contributed by atoms with Crippen LogP contribution in [0.2, 0.25) is 0 Å². The number of nitrogens with zero attached hydrogens (tertiary/aromatic N) is 3. The summed E-state index contributed by atoms with van der Waals surface area (Å²) >= 11 is 0. The molecule has 2 aromatic heterocycles. The Morgan fingerprint density at radius 3 is 2.92 bits per heavy atom. The fraction of sp³-hybridized carbons (Fsp3) is 0.421. The van der Waals surface area contributed by atoms with Gasteiger partial charge in [-0.3, -0.25) is 10.2 Å². The first-order chi connectivity index (χ1) is 12.6. The van der Waals surface area contributed by atoms with Crippen LogP contribution in [0, 0.1) is 5.41 Å². The lowest BCUT2D eigenvalue weighted by Gasteiger charge is -2.26. The van der Waals surface area contributed by atoms with Crippen molar-refractivity contribution in [1.29, 1.82) is 5.41 Å². The van der Waals surface area contributed by atoms with Crippen LogP contribution < -0.4 is 11.1 Å². The van der Waals surface area contributed by atoms with E-state index in [1.54, 1.807) is 12.5 Å². The molecule has 0 unspecified atom stereocenters. The molecule has 0 bridgehead atoms. The van der Waals surface area contributed by atoms with Gasteiger partial charge in [0.15, 0.2) is 0 Å². The number of amides is 1. The molecule has 0 radical (unpaired) electrons. The molecular formula is C19H26N6O. The number of nitrogens with two attached hydrogens (primary N) is 1. The molecular weight excluding hydrogens is 328 g/mol. The van der Waals surface area contributed by atoms with Gasteiger partial charge in [0.1, 0.15) is 5.84 Å². The Morgan fingerprint density at radius 1 is 1.31 bits per heavy atom. The van der Waals surface area contributed by atoms with Crippen molar-refractivity contribution in [2.24, 2.45) is 5.73 Å². The van der Waals surface area contributed by atoms with Crippen LogP contribution in [0.4, 0.5) is 0 Å². The first kappa shape index (κ1) is 18.1. The lowest BCUT2D eigenvalue weighted by molar-refractivity contribution is -0.119. The summed E-state index contributed by atoms with van der Waals surface area (Å²) in [6.07, 6.45) is 11.8. The number of hydrogen-bond donors (Lipinski definition) is 3. The van der Waals surface area contributed by atoms with Crippen LogP contribution in [0.25, 0.3) is 11.2 Å². The SMILES string of the molecule is N=C(C=C(N)c1ccc2cncn2c1)NC(=O)CCCN1CCCCC1. The van der Waals surface area contributed by atoms with Crippen LogP contribution in [-0.4, -0.2) is 45.7 Å². The van der Waals surface area contributed by atoms with E-state index in [0.29, 0.717) is 12.1 Å². The van der Waals surface area contributed by atoms with Gasteiger partial charge >= 0.3 is 0 Å². The zero-order valence-electron chi connectivity index (χ0n) is 14.9. The molecule has 1 aliphatic rings. The van der Waals surface area contributed by atoms with E-state index in [1.165, 1.54) is 25.3 Å². The van der Waals surface area contributed by atoms with Crippen LogP contribution in [0.3, 0.4) is 0 Å². The van der Waals surface area contributed by atoms with E-state index in [9.17, 15) is 4.79 Å². The molecule has 3 heterocycles. The van der Waals surface area contributed by atoms with Gasteiger partial charge in [-0.25, -0.2) is 4.98 Å². The van der Waals surface area contributed by atoms with E-state index in [2.05, 4.69) is 15.2 Å². The first-order valence-corrected chi connectivity index (χ1v) is 9.12. The Hall–Kier alpha value is -2.67. The fourth-order valence-corrected chi connectivity index (χ4v) is 3.22. The number of pyridine rings is 1. The topological polar surface area (TPSA) is 99.5 Å². The predicted molar refractivity (Wildman–Crippen MR) is 103 cm³/mol. The fourth-order valence-electron chi connectivity index (χ4n) is 3.22. The van der Waals surface area contributed by atoms with Crippen LogP contribution in [0.1, 0.15) is 37.7 Å². The number of fused-ring (bicyclic) bond motifs is 1. The minimum atomic E-state index is -0.138. The second-order valence-corrected chi connectivity index (χ2v) is 6.71. The molecule has 1 saturated heterocycles. The second kappa shape index (κ2) is 8.62. The summed E-state index contributed by atoms with van der Waals surface area (Å²) in [4.78, 5) is 18.5. The van der Waals surface area contributed by atoms with Gasteiger partial charge in [0, 0.05) is 30.0 Å². The third-order valence-electron chi connectivity index (χ3n) is 4.64. The van der Waals surface area contributed by atoms with Gasteiger partial charge in [-0.2, -0.15) is 0 Å². The van der Waals surface area contributed by atoms with Crippen molar-refractivity contribution in [3.8, 4) is 0 Å². The molecule has 1 fully saturated rings. The maximum absolute atomic E-state index is 12.0. The van der Waals surface area contributed by atoms with E-state index >= 15 is 0 Å². The third-order valence-corrected chi connectivity index (χ3v) is 4.64. The van der Waals surface area contributed by atoms with Crippen molar-refractivity contribution >= 4 is 23.0 Å². The number of rotatable bonds is 6. The number of carbonyl (C=O) groups excluding carboxylic acids is 1. The minimum Gasteiger partial charge on any atom is -0.398 e. The van der Waals surface area contributed by atoms with E-state index < -0.39 is 0 Å². The van der Waals surface area contributed by atoms with Gasteiger partial charge in [-0.05, 0) is 51.0 Å². The van der Waals surface area contributed by atoms with Crippen molar-refractivity contribution in [1.82, 2.24) is 19.6 Å².